The lowest BCUT2D eigenvalue weighted by molar-refractivity contribution is 0.472. The normalized spacial score (nSPS) is 30.4. The van der Waals surface area contributed by atoms with E-state index in [1.807, 2.05) is 0 Å². The third-order valence-corrected chi connectivity index (χ3v) is 2.74. The molecule has 0 bridgehead atoms. The van der Waals surface area contributed by atoms with Gasteiger partial charge in [0, 0.05) is 5.70 Å². The van der Waals surface area contributed by atoms with Crippen LogP contribution in [0.3, 0.4) is 0 Å². The molecule has 60 valence electrons. The van der Waals surface area contributed by atoms with Crippen LogP contribution in [0.25, 0.3) is 0 Å². The van der Waals surface area contributed by atoms with Gasteiger partial charge in [0.25, 0.3) is 0 Å². The molecule has 0 aromatic heterocycles. The van der Waals surface area contributed by atoms with E-state index < -0.39 is 0 Å². The summed E-state index contributed by atoms with van der Waals surface area (Å²) < 4.78 is 0. The van der Waals surface area contributed by atoms with Gasteiger partial charge in [-0.25, -0.2) is 0 Å². The van der Waals surface area contributed by atoms with Gasteiger partial charge in [0.2, 0.25) is 0 Å². The first-order valence-corrected chi connectivity index (χ1v) is 4.52. The second-order valence-electron chi connectivity index (χ2n) is 3.59. The van der Waals surface area contributed by atoms with Crippen LogP contribution in [0.15, 0.2) is 23.4 Å². The standard InChI is InChI=1S/C10H15N/c11-10-6-5-8-3-1-2-4-9(8)7-10/h4,7-8H,1-3,5-6,11H2. The first-order valence-electron chi connectivity index (χ1n) is 4.52. The van der Waals surface area contributed by atoms with E-state index >= 15 is 0 Å². The molecular formula is C10H15N. The molecular weight excluding hydrogens is 134 g/mol. The molecule has 0 saturated heterocycles. The van der Waals surface area contributed by atoms with Gasteiger partial charge in [-0.15, -0.1) is 0 Å². The summed E-state index contributed by atoms with van der Waals surface area (Å²) in [4.78, 5) is 0. The third kappa shape index (κ3) is 1.32. The first-order chi connectivity index (χ1) is 5.36. The minimum atomic E-state index is 0.844. The topological polar surface area (TPSA) is 26.0 Å². The summed E-state index contributed by atoms with van der Waals surface area (Å²) in [6.07, 6.45) is 11.0. The number of hydrogen-bond donors (Lipinski definition) is 1. The van der Waals surface area contributed by atoms with Crippen LogP contribution in [0.1, 0.15) is 32.1 Å². The van der Waals surface area contributed by atoms with Crippen LogP contribution in [0.5, 0.6) is 0 Å². The van der Waals surface area contributed by atoms with Gasteiger partial charge in [-0.3, -0.25) is 0 Å². The van der Waals surface area contributed by atoms with Crippen LogP contribution in [-0.4, -0.2) is 0 Å². The maximum atomic E-state index is 5.76. The van der Waals surface area contributed by atoms with Gasteiger partial charge in [-0.05, 0) is 49.7 Å². The van der Waals surface area contributed by atoms with Crippen molar-refractivity contribution in [3.63, 3.8) is 0 Å². The largest absolute Gasteiger partial charge is 0.402 e. The molecule has 0 saturated carbocycles. The second kappa shape index (κ2) is 2.72. The zero-order valence-electron chi connectivity index (χ0n) is 6.84. The predicted molar refractivity (Wildman–Crippen MR) is 46.9 cm³/mol. The Bertz CT molecular complexity index is 213. The van der Waals surface area contributed by atoms with Crippen molar-refractivity contribution in [3.05, 3.63) is 23.4 Å². The lowest BCUT2D eigenvalue weighted by Crippen LogP contribution is -2.15. The predicted octanol–water partition coefficient (Wildman–Crippen LogP) is 2.35. The first kappa shape index (κ1) is 6.96. The highest BCUT2D eigenvalue weighted by Crippen LogP contribution is 2.33. The summed E-state index contributed by atoms with van der Waals surface area (Å²) in [7, 11) is 0. The number of hydrogen-bond acceptors (Lipinski definition) is 1. The van der Waals surface area contributed by atoms with Gasteiger partial charge in [0.15, 0.2) is 0 Å². The fourth-order valence-corrected chi connectivity index (χ4v) is 2.08. The van der Waals surface area contributed by atoms with Gasteiger partial charge < -0.3 is 5.73 Å². The molecule has 0 heterocycles. The van der Waals surface area contributed by atoms with Gasteiger partial charge >= 0.3 is 0 Å². The zero-order chi connectivity index (χ0) is 7.68. The van der Waals surface area contributed by atoms with Gasteiger partial charge in [-0.1, -0.05) is 6.08 Å². The SMILES string of the molecule is NC1=CC2=CCCCC2CC1. The maximum Gasteiger partial charge on any atom is 0.00834 e. The third-order valence-electron chi connectivity index (χ3n) is 2.74. The average Bonchev–Trinajstić information content (AvgIpc) is 2.04. The molecule has 1 heteroatoms. The Morgan fingerprint density at radius 2 is 2.27 bits per heavy atom. The minimum Gasteiger partial charge on any atom is -0.402 e. The van der Waals surface area contributed by atoms with E-state index in [4.69, 9.17) is 5.73 Å². The van der Waals surface area contributed by atoms with Crippen molar-refractivity contribution in [1.82, 2.24) is 0 Å². The second-order valence-corrected chi connectivity index (χ2v) is 3.59. The lowest BCUT2D eigenvalue weighted by Gasteiger charge is -2.26. The van der Waals surface area contributed by atoms with Crippen LogP contribution in [-0.2, 0) is 0 Å². The fourth-order valence-electron chi connectivity index (χ4n) is 2.08. The van der Waals surface area contributed by atoms with E-state index in [-0.39, 0.29) is 0 Å². The summed E-state index contributed by atoms with van der Waals surface area (Å²) >= 11 is 0. The van der Waals surface area contributed by atoms with Crippen LogP contribution >= 0.6 is 0 Å². The molecule has 1 unspecified atom stereocenters. The number of nitrogens with two attached hydrogens (primary N) is 1. The Hall–Kier alpha value is -0.720. The molecule has 0 aliphatic heterocycles. The molecule has 0 amide bonds. The Labute approximate surface area is 68.0 Å². The Kier molecular flexibility index (Phi) is 1.72. The Morgan fingerprint density at radius 1 is 1.36 bits per heavy atom. The average molecular weight is 149 g/mol. The molecule has 0 aromatic carbocycles. The molecule has 1 nitrogen and oxygen atoms in total. The summed E-state index contributed by atoms with van der Waals surface area (Å²) in [5.74, 6) is 0.844. The maximum absolute atomic E-state index is 5.76. The van der Waals surface area contributed by atoms with Crippen molar-refractivity contribution in [2.75, 3.05) is 0 Å². The van der Waals surface area contributed by atoms with Crippen LogP contribution < -0.4 is 5.73 Å². The van der Waals surface area contributed by atoms with E-state index in [1.165, 1.54) is 31.3 Å². The molecule has 2 rings (SSSR count). The van der Waals surface area contributed by atoms with E-state index in [2.05, 4.69) is 12.2 Å². The van der Waals surface area contributed by atoms with Crippen LogP contribution in [0, 0.1) is 5.92 Å². The number of rotatable bonds is 0. The summed E-state index contributed by atoms with van der Waals surface area (Å²) in [5, 5.41) is 0. The van der Waals surface area contributed by atoms with E-state index in [1.54, 1.807) is 0 Å². The van der Waals surface area contributed by atoms with E-state index in [9.17, 15) is 0 Å². The molecule has 2 aliphatic rings. The highest BCUT2D eigenvalue weighted by atomic mass is 14.6. The Morgan fingerprint density at radius 3 is 3.18 bits per heavy atom. The minimum absolute atomic E-state index is 0.844. The molecule has 1 atom stereocenters. The number of fused-ring (bicyclic) bond motifs is 1. The summed E-state index contributed by atoms with van der Waals surface area (Å²) in [6.45, 7) is 0. The van der Waals surface area contributed by atoms with Crippen molar-refractivity contribution >= 4 is 0 Å². The molecule has 0 aromatic rings. The van der Waals surface area contributed by atoms with Crippen LogP contribution in [0.2, 0.25) is 0 Å². The fraction of sp³-hybridized carbons (Fsp3) is 0.600. The molecule has 0 fully saturated rings. The smallest absolute Gasteiger partial charge is 0.00834 e. The monoisotopic (exact) mass is 149 g/mol. The van der Waals surface area contributed by atoms with Crippen molar-refractivity contribution in [3.8, 4) is 0 Å². The van der Waals surface area contributed by atoms with Crippen molar-refractivity contribution in [2.24, 2.45) is 11.7 Å². The molecule has 2 aliphatic carbocycles. The van der Waals surface area contributed by atoms with E-state index in [0.717, 1.165) is 18.0 Å². The molecule has 0 spiro atoms. The van der Waals surface area contributed by atoms with Crippen molar-refractivity contribution in [2.45, 2.75) is 32.1 Å². The van der Waals surface area contributed by atoms with Crippen molar-refractivity contribution < 1.29 is 0 Å². The zero-order valence-corrected chi connectivity index (χ0v) is 6.84. The molecule has 0 radical (unpaired) electrons. The van der Waals surface area contributed by atoms with Gasteiger partial charge in [-0.2, -0.15) is 0 Å². The lowest BCUT2D eigenvalue weighted by atomic mass is 9.80. The molecule has 11 heavy (non-hydrogen) atoms. The highest BCUT2D eigenvalue weighted by Gasteiger charge is 2.19. The highest BCUT2D eigenvalue weighted by molar-refractivity contribution is 5.29. The number of allylic oxidation sites excluding steroid dienone is 4. The van der Waals surface area contributed by atoms with Gasteiger partial charge in [0.1, 0.15) is 0 Å². The summed E-state index contributed by atoms with van der Waals surface area (Å²) in [5.41, 5.74) is 8.35. The quantitative estimate of drug-likeness (QED) is 0.562. The summed E-state index contributed by atoms with van der Waals surface area (Å²) in [6, 6.07) is 0. The van der Waals surface area contributed by atoms with E-state index in [0.29, 0.717) is 0 Å². The van der Waals surface area contributed by atoms with Gasteiger partial charge in [0.05, 0.1) is 0 Å². The van der Waals surface area contributed by atoms with Crippen molar-refractivity contribution in [1.29, 1.82) is 0 Å². The Balaban J connectivity index is 2.23. The molecule has 2 N–H and O–H groups in total. The van der Waals surface area contributed by atoms with Crippen LogP contribution in [0.4, 0.5) is 0 Å².